The van der Waals surface area contributed by atoms with Crippen molar-refractivity contribution < 1.29 is 14.4 Å². The molecule has 90 valence electrons. The molecule has 0 saturated heterocycles. The van der Waals surface area contributed by atoms with Crippen molar-refractivity contribution in [3.05, 3.63) is 23.8 Å². The number of benzene rings is 1. The minimum atomic E-state index is -0.306. The van der Waals surface area contributed by atoms with Crippen LogP contribution in [0.15, 0.2) is 18.2 Å². The number of nitrogens with zero attached hydrogens (tertiary/aromatic N) is 2. The largest absolute Gasteiger partial charge is 0.481 e. The molecule has 1 aromatic heterocycles. The molecule has 1 amide bonds. The van der Waals surface area contributed by atoms with Crippen LogP contribution in [0.4, 0.5) is 0 Å². The molecule has 1 N–H and O–H groups in total. The highest BCUT2D eigenvalue weighted by molar-refractivity contribution is 5.98. The van der Waals surface area contributed by atoms with Crippen LogP contribution in [0, 0.1) is 0 Å². The number of aryl methyl sites for hydroxylation is 1. The van der Waals surface area contributed by atoms with Gasteiger partial charge in [0.25, 0.3) is 5.91 Å². The maximum atomic E-state index is 11.5. The Morgan fingerprint density at radius 3 is 2.82 bits per heavy atom. The lowest BCUT2D eigenvalue weighted by Gasteiger charge is -2.01. The molecule has 1 aromatic carbocycles. The Bertz CT molecular complexity index is 562. The quantitative estimate of drug-likeness (QED) is 0.802. The second-order valence-corrected chi connectivity index (χ2v) is 3.50. The standard InChI is InChI=1S/C11H13N3O3/c1-14-11(16-2)8-5-4-7(6-9(8)12-14)10(15)13-17-3/h4-6H,1-3H3,(H,13,15). The lowest BCUT2D eigenvalue weighted by Crippen LogP contribution is -2.21. The Balaban J connectivity index is 2.48. The average molecular weight is 235 g/mol. The van der Waals surface area contributed by atoms with E-state index in [2.05, 4.69) is 15.4 Å². The summed E-state index contributed by atoms with van der Waals surface area (Å²) in [6.45, 7) is 0. The molecule has 1 heterocycles. The van der Waals surface area contributed by atoms with Crippen LogP contribution in [0.25, 0.3) is 10.9 Å². The zero-order valence-electron chi connectivity index (χ0n) is 9.85. The first kappa shape index (κ1) is 11.4. The number of carbonyl (C=O) groups excluding carboxylic acids is 1. The summed E-state index contributed by atoms with van der Waals surface area (Å²) in [5.41, 5.74) is 3.45. The molecule has 0 spiro atoms. The maximum Gasteiger partial charge on any atom is 0.274 e. The first-order chi connectivity index (χ1) is 8.17. The van der Waals surface area contributed by atoms with E-state index in [1.807, 2.05) is 0 Å². The number of hydrogen-bond acceptors (Lipinski definition) is 4. The number of fused-ring (bicyclic) bond motifs is 1. The second kappa shape index (κ2) is 4.42. The Kier molecular flexibility index (Phi) is 2.97. The van der Waals surface area contributed by atoms with Crippen molar-refractivity contribution in [2.24, 2.45) is 7.05 Å². The summed E-state index contributed by atoms with van der Waals surface area (Å²) in [7, 11) is 4.76. The van der Waals surface area contributed by atoms with Gasteiger partial charge in [0.2, 0.25) is 5.88 Å². The molecule has 6 heteroatoms. The normalized spacial score (nSPS) is 10.5. The minimum Gasteiger partial charge on any atom is -0.481 e. The van der Waals surface area contributed by atoms with E-state index in [-0.39, 0.29) is 5.91 Å². The van der Waals surface area contributed by atoms with Gasteiger partial charge < -0.3 is 4.74 Å². The van der Waals surface area contributed by atoms with Gasteiger partial charge in [0.05, 0.1) is 25.1 Å². The van der Waals surface area contributed by atoms with Gasteiger partial charge in [-0.25, -0.2) is 10.2 Å². The fraction of sp³-hybridized carbons (Fsp3) is 0.273. The predicted octanol–water partition coefficient (Wildman–Crippen LogP) is 0.873. The Morgan fingerprint density at radius 2 is 2.18 bits per heavy atom. The smallest absolute Gasteiger partial charge is 0.274 e. The number of nitrogens with one attached hydrogen (secondary N) is 1. The van der Waals surface area contributed by atoms with Gasteiger partial charge in [-0.3, -0.25) is 9.63 Å². The molecule has 0 radical (unpaired) electrons. The van der Waals surface area contributed by atoms with Gasteiger partial charge >= 0.3 is 0 Å². The fourth-order valence-electron chi connectivity index (χ4n) is 1.71. The van der Waals surface area contributed by atoms with Crippen molar-refractivity contribution in [1.29, 1.82) is 0 Å². The molecule has 2 rings (SSSR count). The topological polar surface area (TPSA) is 65.4 Å². The van der Waals surface area contributed by atoms with Crippen LogP contribution in [0.5, 0.6) is 5.88 Å². The van der Waals surface area contributed by atoms with Crippen LogP contribution in [0.1, 0.15) is 10.4 Å². The van der Waals surface area contributed by atoms with E-state index in [0.717, 1.165) is 5.39 Å². The number of aromatic nitrogens is 2. The molecule has 0 atom stereocenters. The summed E-state index contributed by atoms with van der Waals surface area (Å²) in [5.74, 6) is 0.359. The van der Waals surface area contributed by atoms with Crippen molar-refractivity contribution in [2.75, 3.05) is 14.2 Å². The number of amides is 1. The first-order valence-electron chi connectivity index (χ1n) is 5.01. The van der Waals surface area contributed by atoms with Gasteiger partial charge in [0.15, 0.2) is 0 Å². The monoisotopic (exact) mass is 235 g/mol. The third-order valence-electron chi connectivity index (χ3n) is 2.43. The fourth-order valence-corrected chi connectivity index (χ4v) is 1.71. The number of ether oxygens (including phenoxy) is 1. The molecule has 17 heavy (non-hydrogen) atoms. The summed E-state index contributed by atoms with van der Waals surface area (Å²) >= 11 is 0. The van der Waals surface area contributed by atoms with Gasteiger partial charge in [0.1, 0.15) is 0 Å². The first-order valence-corrected chi connectivity index (χ1v) is 5.01. The molecular weight excluding hydrogens is 222 g/mol. The number of hydrogen-bond donors (Lipinski definition) is 1. The second-order valence-electron chi connectivity index (χ2n) is 3.50. The van der Waals surface area contributed by atoms with Gasteiger partial charge in [0, 0.05) is 12.6 Å². The summed E-state index contributed by atoms with van der Waals surface area (Å²) in [6.07, 6.45) is 0. The number of methoxy groups -OCH3 is 1. The van der Waals surface area contributed by atoms with E-state index in [4.69, 9.17) is 4.74 Å². The third-order valence-corrected chi connectivity index (χ3v) is 2.43. The van der Waals surface area contributed by atoms with Crippen molar-refractivity contribution in [3.63, 3.8) is 0 Å². The lowest BCUT2D eigenvalue weighted by atomic mass is 10.1. The van der Waals surface area contributed by atoms with Crippen molar-refractivity contribution in [2.45, 2.75) is 0 Å². The van der Waals surface area contributed by atoms with Crippen LogP contribution >= 0.6 is 0 Å². The highest BCUT2D eigenvalue weighted by Gasteiger charge is 2.12. The summed E-state index contributed by atoms with van der Waals surface area (Å²) < 4.78 is 6.85. The molecular formula is C11H13N3O3. The summed E-state index contributed by atoms with van der Waals surface area (Å²) in [4.78, 5) is 16.1. The zero-order chi connectivity index (χ0) is 12.4. The van der Waals surface area contributed by atoms with Gasteiger partial charge in [-0.1, -0.05) is 0 Å². The Hall–Kier alpha value is -2.08. The Labute approximate surface area is 98.1 Å². The third kappa shape index (κ3) is 1.94. The predicted molar refractivity (Wildman–Crippen MR) is 61.7 cm³/mol. The van der Waals surface area contributed by atoms with E-state index in [0.29, 0.717) is 17.0 Å². The van der Waals surface area contributed by atoms with E-state index in [9.17, 15) is 4.79 Å². The van der Waals surface area contributed by atoms with Gasteiger partial charge in [-0.05, 0) is 18.2 Å². The SMILES string of the molecule is CONC(=O)c1ccc2c(OC)n(C)nc2c1. The minimum absolute atomic E-state index is 0.306. The summed E-state index contributed by atoms with van der Waals surface area (Å²) in [6, 6.07) is 5.18. The molecule has 2 aromatic rings. The van der Waals surface area contributed by atoms with E-state index in [1.54, 1.807) is 37.0 Å². The van der Waals surface area contributed by atoms with Crippen LogP contribution in [0.3, 0.4) is 0 Å². The van der Waals surface area contributed by atoms with Crippen molar-refractivity contribution >= 4 is 16.8 Å². The lowest BCUT2D eigenvalue weighted by molar-refractivity contribution is 0.0538. The molecule has 0 unspecified atom stereocenters. The molecule has 0 aliphatic heterocycles. The van der Waals surface area contributed by atoms with Crippen LogP contribution in [-0.4, -0.2) is 29.9 Å². The van der Waals surface area contributed by atoms with Crippen LogP contribution in [-0.2, 0) is 11.9 Å². The van der Waals surface area contributed by atoms with E-state index >= 15 is 0 Å². The van der Waals surface area contributed by atoms with Crippen LogP contribution in [0.2, 0.25) is 0 Å². The Morgan fingerprint density at radius 1 is 1.41 bits per heavy atom. The van der Waals surface area contributed by atoms with Crippen molar-refractivity contribution in [1.82, 2.24) is 15.3 Å². The number of carbonyl (C=O) groups is 1. The number of rotatable bonds is 3. The highest BCUT2D eigenvalue weighted by Crippen LogP contribution is 2.25. The zero-order valence-corrected chi connectivity index (χ0v) is 9.85. The molecule has 0 aliphatic rings. The van der Waals surface area contributed by atoms with E-state index in [1.165, 1.54) is 7.11 Å². The molecule has 0 fully saturated rings. The van der Waals surface area contributed by atoms with Gasteiger partial charge in [-0.15, -0.1) is 0 Å². The molecule has 0 saturated carbocycles. The summed E-state index contributed by atoms with van der Waals surface area (Å²) in [5, 5.41) is 5.12. The van der Waals surface area contributed by atoms with Crippen LogP contribution < -0.4 is 10.2 Å². The van der Waals surface area contributed by atoms with Gasteiger partial charge in [-0.2, -0.15) is 5.10 Å². The molecule has 0 aliphatic carbocycles. The van der Waals surface area contributed by atoms with E-state index < -0.39 is 0 Å². The maximum absolute atomic E-state index is 11.5. The van der Waals surface area contributed by atoms with Crippen molar-refractivity contribution in [3.8, 4) is 5.88 Å². The number of hydroxylamine groups is 1. The molecule has 6 nitrogen and oxygen atoms in total. The molecule has 0 bridgehead atoms. The average Bonchev–Trinajstić information content (AvgIpc) is 2.63. The highest BCUT2D eigenvalue weighted by atomic mass is 16.6.